The Labute approximate surface area is 115 Å². The number of carboxylic acid groups (broad SMARTS) is 1. The Balaban J connectivity index is 2.04. The number of nitriles is 1. The van der Waals surface area contributed by atoms with Crippen LogP contribution in [0.25, 0.3) is 0 Å². The molecule has 0 bridgehead atoms. The molecule has 1 aromatic carbocycles. The molecule has 0 saturated heterocycles. The van der Waals surface area contributed by atoms with Gasteiger partial charge in [0.25, 0.3) is 0 Å². The van der Waals surface area contributed by atoms with Gasteiger partial charge < -0.3 is 10.4 Å². The van der Waals surface area contributed by atoms with E-state index in [1.54, 1.807) is 24.3 Å². The molecule has 2 aromatic rings. The number of hydrogen-bond donors (Lipinski definition) is 2. The first-order chi connectivity index (χ1) is 9.72. The summed E-state index contributed by atoms with van der Waals surface area (Å²) in [6.45, 7) is 0.470. The van der Waals surface area contributed by atoms with Gasteiger partial charge in [-0.3, -0.25) is 0 Å². The molecule has 0 spiro atoms. The summed E-state index contributed by atoms with van der Waals surface area (Å²) in [4.78, 5) is 19.0. The van der Waals surface area contributed by atoms with E-state index in [4.69, 9.17) is 10.4 Å². The highest BCUT2D eigenvalue weighted by Gasteiger charge is 2.09. The van der Waals surface area contributed by atoms with Crippen LogP contribution in [-0.4, -0.2) is 27.6 Å². The number of benzene rings is 1. The minimum Gasteiger partial charge on any atom is -0.478 e. The largest absolute Gasteiger partial charge is 0.478 e. The van der Waals surface area contributed by atoms with E-state index in [1.807, 2.05) is 6.07 Å². The summed E-state index contributed by atoms with van der Waals surface area (Å²) < 4.78 is 0. The van der Waals surface area contributed by atoms with Crippen molar-refractivity contribution in [1.82, 2.24) is 9.97 Å². The molecule has 100 valence electrons. The summed E-state index contributed by atoms with van der Waals surface area (Å²) in [5.41, 5.74) is 1.24. The van der Waals surface area contributed by atoms with Gasteiger partial charge in [0.15, 0.2) is 11.5 Å². The molecule has 6 heteroatoms. The molecular formula is C14H12N4O2. The topological polar surface area (TPSA) is 98.9 Å². The third-order valence-corrected chi connectivity index (χ3v) is 2.74. The van der Waals surface area contributed by atoms with Gasteiger partial charge >= 0.3 is 5.97 Å². The van der Waals surface area contributed by atoms with Crippen molar-refractivity contribution in [3.05, 3.63) is 53.5 Å². The second-order valence-electron chi connectivity index (χ2n) is 4.00. The summed E-state index contributed by atoms with van der Waals surface area (Å²) in [5, 5.41) is 20.9. The van der Waals surface area contributed by atoms with Crippen LogP contribution in [0.4, 0.5) is 5.82 Å². The van der Waals surface area contributed by atoms with Crippen LogP contribution in [0.3, 0.4) is 0 Å². The first kappa shape index (κ1) is 13.5. The maximum atomic E-state index is 11.1. The summed E-state index contributed by atoms with van der Waals surface area (Å²) in [6, 6.07) is 8.77. The quantitative estimate of drug-likeness (QED) is 0.856. The average molecular weight is 268 g/mol. The van der Waals surface area contributed by atoms with Crippen LogP contribution in [0, 0.1) is 11.3 Å². The van der Waals surface area contributed by atoms with Crippen molar-refractivity contribution in [3.63, 3.8) is 0 Å². The zero-order valence-corrected chi connectivity index (χ0v) is 10.6. The van der Waals surface area contributed by atoms with Gasteiger partial charge in [-0.1, -0.05) is 18.2 Å². The van der Waals surface area contributed by atoms with Gasteiger partial charge in [0.1, 0.15) is 6.07 Å². The lowest BCUT2D eigenvalue weighted by Crippen LogP contribution is -2.11. The minimum atomic E-state index is -0.946. The van der Waals surface area contributed by atoms with E-state index in [9.17, 15) is 4.79 Å². The molecule has 0 aliphatic carbocycles. The maximum Gasteiger partial charge on any atom is 0.335 e. The van der Waals surface area contributed by atoms with Crippen molar-refractivity contribution in [2.24, 2.45) is 0 Å². The average Bonchev–Trinajstić information content (AvgIpc) is 2.48. The Morgan fingerprint density at radius 2 is 2.05 bits per heavy atom. The van der Waals surface area contributed by atoms with Crippen molar-refractivity contribution in [1.29, 1.82) is 5.26 Å². The molecule has 2 N–H and O–H groups in total. The number of aromatic carboxylic acids is 1. The number of hydrogen-bond acceptors (Lipinski definition) is 5. The zero-order chi connectivity index (χ0) is 14.4. The fourth-order valence-electron chi connectivity index (χ4n) is 1.81. The van der Waals surface area contributed by atoms with E-state index in [-0.39, 0.29) is 11.3 Å². The molecular weight excluding hydrogens is 256 g/mol. The SMILES string of the molecule is N#Cc1nccnc1NCCc1ccccc1C(=O)O. The van der Waals surface area contributed by atoms with Gasteiger partial charge in [-0.25, -0.2) is 14.8 Å². The van der Waals surface area contributed by atoms with Crippen LogP contribution in [0.15, 0.2) is 36.7 Å². The Kier molecular flexibility index (Phi) is 4.24. The fourth-order valence-corrected chi connectivity index (χ4v) is 1.81. The van der Waals surface area contributed by atoms with Crippen LogP contribution in [0.1, 0.15) is 21.6 Å². The Hall–Kier alpha value is -2.94. The van der Waals surface area contributed by atoms with E-state index in [1.165, 1.54) is 12.4 Å². The lowest BCUT2D eigenvalue weighted by atomic mass is 10.0. The summed E-state index contributed by atoms with van der Waals surface area (Å²) in [7, 11) is 0. The third-order valence-electron chi connectivity index (χ3n) is 2.74. The number of rotatable bonds is 5. The predicted octanol–water partition coefficient (Wildman–Crippen LogP) is 1.70. The number of carbonyl (C=O) groups is 1. The first-order valence-electron chi connectivity index (χ1n) is 5.98. The molecule has 0 unspecified atom stereocenters. The van der Waals surface area contributed by atoms with Gasteiger partial charge in [0.05, 0.1) is 5.56 Å². The Morgan fingerprint density at radius 1 is 1.30 bits per heavy atom. The van der Waals surface area contributed by atoms with Crippen LogP contribution in [0.2, 0.25) is 0 Å². The van der Waals surface area contributed by atoms with E-state index in [0.717, 1.165) is 5.56 Å². The van der Waals surface area contributed by atoms with Gasteiger partial charge in [-0.05, 0) is 18.1 Å². The molecule has 2 rings (SSSR count). The Bertz CT molecular complexity index is 664. The summed E-state index contributed by atoms with van der Waals surface area (Å²) >= 11 is 0. The van der Waals surface area contributed by atoms with Crippen molar-refractivity contribution in [2.45, 2.75) is 6.42 Å². The highest BCUT2D eigenvalue weighted by molar-refractivity contribution is 5.89. The summed E-state index contributed by atoms with van der Waals surface area (Å²) in [5.74, 6) is -0.541. The van der Waals surface area contributed by atoms with Gasteiger partial charge in [0, 0.05) is 18.9 Å². The minimum absolute atomic E-state index is 0.221. The number of nitrogens with zero attached hydrogens (tertiary/aromatic N) is 3. The Morgan fingerprint density at radius 3 is 2.80 bits per heavy atom. The lowest BCUT2D eigenvalue weighted by molar-refractivity contribution is 0.0695. The molecule has 0 aliphatic rings. The van der Waals surface area contributed by atoms with E-state index < -0.39 is 5.97 Å². The van der Waals surface area contributed by atoms with E-state index in [0.29, 0.717) is 18.8 Å². The van der Waals surface area contributed by atoms with Crippen molar-refractivity contribution >= 4 is 11.8 Å². The molecule has 20 heavy (non-hydrogen) atoms. The second-order valence-corrected chi connectivity index (χ2v) is 4.00. The van der Waals surface area contributed by atoms with Crippen molar-refractivity contribution in [2.75, 3.05) is 11.9 Å². The summed E-state index contributed by atoms with van der Waals surface area (Å²) in [6.07, 6.45) is 3.46. The van der Waals surface area contributed by atoms with Crippen LogP contribution < -0.4 is 5.32 Å². The van der Waals surface area contributed by atoms with Crippen LogP contribution in [0.5, 0.6) is 0 Å². The van der Waals surface area contributed by atoms with E-state index in [2.05, 4.69) is 15.3 Å². The van der Waals surface area contributed by atoms with Gasteiger partial charge in [-0.15, -0.1) is 0 Å². The maximum absolute atomic E-state index is 11.1. The monoisotopic (exact) mass is 268 g/mol. The van der Waals surface area contributed by atoms with Crippen molar-refractivity contribution in [3.8, 4) is 6.07 Å². The second kappa shape index (κ2) is 6.29. The normalized spacial score (nSPS) is 9.75. The number of anilines is 1. The molecule has 1 aromatic heterocycles. The van der Waals surface area contributed by atoms with Crippen molar-refractivity contribution < 1.29 is 9.90 Å². The van der Waals surface area contributed by atoms with Gasteiger partial charge in [0.2, 0.25) is 0 Å². The van der Waals surface area contributed by atoms with E-state index >= 15 is 0 Å². The van der Waals surface area contributed by atoms with Crippen LogP contribution >= 0.6 is 0 Å². The molecule has 0 fully saturated rings. The molecule has 0 radical (unpaired) electrons. The number of aromatic nitrogens is 2. The highest BCUT2D eigenvalue weighted by atomic mass is 16.4. The standard InChI is InChI=1S/C14H12N4O2/c15-9-12-13(18-8-7-16-12)17-6-5-10-3-1-2-4-11(10)14(19)20/h1-4,7-8H,5-6H2,(H,17,18)(H,19,20). The number of carboxylic acids is 1. The zero-order valence-electron chi connectivity index (χ0n) is 10.6. The molecule has 0 amide bonds. The van der Waals surface area contributed by atoms with Gasteiger partial charge in [-0.2, -0.15) is 5.26 Å². The predicted molar refractivity (Wildman–Crippen MR) is 72.3 cm³/mol. The molecule has 1 heterocycles. The molecule has 6 nitrogen and oxygen atoms in total. The molecule has 0 saturated carbocycles. The lowest BCUT2D eigenvalue weighted by Gasteiger charge is -2.08. The fraction of sp³-hybridized carbons (Fsp3) is 0.143. The highest BCUT2D eigenvalue weighted by Crippen LogP contribution is 2.11. The van der Waals surface area contributed by atoms with Crippen LogP contribution in [-0.2, 0) is 6.42 Å². The molecule has 0 aliphatic heterocycles. The smallest absolute Gasteiger partial charge is 0.335 e. The first-order valence-corrected chi connectivity index (χ1v) is 5.98. The number of nitrogens with one attached hydrogen (secondary N) is 1. The third kappa shape index (κ3) is 3.09. The molecule has 0 atom stereocenters.